The molecule has 1 heterocycles. The molecule has 0 aromatic heterocycles. The fourth-order valence-electron chi connectivity index (χ4n) is 2.43. The van der Waals surface area contributed by atoms with E-state index in [0.29, 0.717) is 0 Å². The van der Waals surface area contributed by atoms with Gasteiger partial charge in [0, 0.05) is 35.4 Å². The van der Waals surface area contributed by atoms with Crippen molar-refractivity contribution in [2.45, 2.75) is 43.7 Å². The van der Waals surface area contributed by atoms with Gasteiger partial charge in [0.1, 0.15) is 37.1 Å². The number of carbonyl (C=O) groups excluding carboxylic acids is 1. The standard InChI is InChI=1S/C13H24O8/c1-7(14)20-6-8(16-2)9-10(17-3)11(18-4)12(19-5)13(15)21-9/h8-13,15H,6H2,1-5H3/t8-,9-,10-,11+,12-,13?/m1/s1. The number of aliphatic hydroxyl groups excluding tert-OH is 1. The molecule has 1 N–H and O–H groups in total. The molecule has 21 heavy (non-hydrogen) atoms. The Kier molecular flexibility index (Phi) is 7.50. The monoisotopic (exact) mass is 308 g/mol. The largest absolute Gasteiger partial charge is 0.463 e. The van der Waals surface area contributed by atoms with E-state index in [1.165, 1.54) is 35.4 Å². The van der Waals surface area contributed by atoms with Crippen molar-refractivity contribution in [2.24, 2.45) is 0 Å². The zero-order valence-corrected chi connectivity index (χ0v) is 13.0. The highest BCUT2D eigenvalue weighted by Gasteiger charge is 2.49. The second kappa shape index (κ2) is 8.62. The first-order chi connectivity index (χ1) is 9.99. The van der Waals surface area contributed by atoms with Crippen LogP contribution in [0.1, 0.15) is 6.92 Å². The van der Waals surface area contributed by atoms with Gasteiger partial charge in [-0.05, 0) is 0 Å². The van der Waals surface area contributed by atoms with E-state index in [9.17, 15) is 9.90 Å². The van der Waals surface area contributed by atoms with Crippen LogP contribution < -0.4 is 0 Å². The molecular weight excluding hydrogens is 284 g/mol. The van der Waals surface area contributed by atoms with Gasteiger partial charge in [-0.1, -0.05) is 0 Å². The van der Waals surface area contributed by atoms with Gasteiger partial charge in [0.2, 0.25) is 0 Å². The molecule has 0 aliphatic carbocycles. The Bertz CT molecular complexity index is 323. The number of hydrogen-bond donors (Lipinski definition) is 1. The summed E-state index contributed by atoms with van der Waals surface area (Å²) in [5.41, 5.74) is 0. The summed E-state index contributed by atoms with van der Waals surface area (Å²) in [5, 5.41) is 10.0. The van der Waals surface area contributed by atoms with E-state index in [2.05, 4.69) is 0 Å². The lowest BCUT2D eigenvalue weighted by molar-refractivity contribution is -0.312. The number of ether oxygens (including phenoxy) is 6. The quantitative estimate of drug-likeness (QED) is 0.619. The van der Waals surface area contributed by atoms with Gasteiger partial charge < -0.3 is 33.5 Å². The van der Waals surface area contributed by atoms with Gasteiger partial charge in [0.05, 0.1) is 0 Å². The van der Waals surface area contributed by atoms with Crippen molar-refractivity contribution in [1.29, 1.82) is 0 Å². The molecule has 6 atom stereocenters. The lowest BCUT2D eigenvalue weighted by atomic mass is 9.95. The molecule has 0 aromatic rings. The number of hydrogen-bond acceptors (Lipinski definition) is 8. The predicted molar refractivity (Wildman–Crippen MR) is 70.7 cm³/mol. The molecular formula is C13H24O8. The van der Waals surface area contributed by atoms with E-state index in [4.69, 9.17) is 28.4 Å². The molecule has 1 saturated heterocycles. The van der Waals surface area contributed by atoms with Crippen molar-refractivity contribution in [3.63, 3.8) is 0 Å². The van der Waals surface area contributed by atoms with Crippen LogP contribution in [0.3, 0.4) is 0 Å². The van der Waals surface area contributed by atoms with Gasteiger partial charge >= 0.3 is 5.97 Å². The highest BCUT2D eigenvalue weighted by molar-refractivity contribution is 5.65. The van der Waals surface area contributed by atoms with E-state index in [-0.39, 0.29) is 6.61 Å². The first-order valence-electron chi connectivity index (χ1n) is 6.58. The molecule has 0 saturated carbocycles. The third kappa shape index (κ3) is 4.35. The van der Waals surface area contributed by atoms with Crippen LogP contribution in [0, 0.1) is 0 Å². The van der Waals surface area contributed by atoms with E-state index in [0.717, 1.165) is 0 Å². The summed E-state index contributed by atoms with van der Waals surface area (Å²) in [4.78, 5) is 10.9. The highest BCUT2D eigenvalue weighted by Crippen LogP contribution is 2.28. The maximum Gasteiger partial charge on any atom is 0.302 e. The summed E-state index contributed by atoms with van der Waals surface area (Å²) in [6.07, 6.45) is -4.28. The van der Waals surface area contributed by atoms with Crippen molar-refractivity contribution in [1.82, 2.24) is 0 Å². The van der Waals surface area contributed by atoms with Crippen LogP contribution >= 0.6 is 0 Å². The van der Waals surface area contributed by atoms with Crippen LogP contribution in [0.15, 0.2) is 0 Å². The van der Waals surface area contributed by atoms with E-state index < -0.39 is 42.8 Å². The smallest absolute Gasteiger partial charge is 0.302 e. The Morgan fingerprint density at radius 1 is 1.10 bits per heavy atom. The zero-order chi connectivity index (χ0) is 16.0. The first-order valence-corrected chi connectivity index (χ1v) is 6.58. The molecule has 0 bridgehead atoms. The molecule has 124 valence electrons. The topological polar surface area (TPSA) is 92.7 Å². The first kappa shape index (κ1) is 18.3. The van der Waals surface area contributed by atoms with Crippen LogP contribution in [-0.2, 0) is 33.2 Å². The average Bonchev–Trinajstić information content (AvgIpc) is 2.46. The minimum absolute atomic E-state index is 0.0167. The SMILES string of the molecule is CO[C@@H]1[C@@H]([C@@H](COC(C)=O)OC)OC(O)[C@H](OC)[C@H]1OC. The lowest BCUT2D eigenvalue weighted by Crippen LogP contribution is -2.63. The molecule has 8 heteroatoms. The van der Waals surface area contributed by atoms with Gasteiger partial charge in [0.25, 0.3) is 0 Å². The van der Waals surface area contributed by atoms with Crippen LogP contribution in [-0.4, -0.2) is 82.9 Å². The third-order valence-electron chi connectivity index (χ3n) is 3.49. The molecule has 1 aliphatic rings. The Labute approximate surface area is 124 Å². The third-order valence-corrected chi connectivity index (χ3v) is 3.49. The van der Waals surface area contributed by atoms with Crippen LogP contribution in [0.25, 0.3) is 0 Å². The van der Waals surface area contributed by atoms with Crippen molar-refractivity contribution < 1.29 is 38.3 Å². The molecule has 0 radical (unpaired) electrons. The molecule has 8 nitrogen and oxygen atoms in total. The van der Waals surface area contributed by atoms with Crippen molar-refractivity contribution >= 4 is 5.97 Å². The summed E-state index contributed by atoms with van der Waals surface area (Å²) in [7, 11) is 5.89. The van der Waals surface area contributed by atoms with Gasteiger partial charge in [-0.2, -0.15) is 0 Å². The molecule has 0 aromatic carbocycles. The normalized spacial score (nSPS) is 34.5. The Hall–Kier alpha value is -0.770. The minimum Gasteiger partial charge on any atom is -0.463 e. The molecule has 0 spiro atoms. The van der Waals surface area contributed by atoms with Gasteiger partial charge in [-0.25, -0.2) is 0 Å². The Morgan fingerprint density at radius 2 is 1.67 bits per heavy atom. The van der Waals surface area contributed by atoms with Crippen molar-refractivity contribution in [3.05, 3.63) is 0 Å². The van der Waals surface area contributed by atoms with E-state index in [1.54, 1.807) is 0 Å². The van der Waals surface area contributed by atoms with Crippen LogP contribution in [0.5, 0.6) is 0 Å². The molecule has 0 amide bonds. The van der Waals surface area contributed by atoms with Crippen molar-refractivity contribution in [2.75, 3.05) is 35.0 Å². The molecule has 1 aliphatic heterocycles. The highest BCUT2D eigenvalue weighted by atomic mass is 16.7. The van der Waals surface area contributed by atoms with Gasteiger partial charge in [0.15, 0.2) is 6.29 Å². The molecule has 1 unspecified atom stereocenters. The summed E-state index contributed by atoms with van der Waals surface area (Å²) in [6.45, 7) is 1.28. The molecule has 1 rings (SSSR count). The Morgan fingerprint density at radius 3 is 2.10 bits per heavy atom. The summed E-state index contributed by atoms with van der Waals surface area (Å²) >= 11 is 0. The summed E-state index contributed by atoms with van der Waals surface area (Å²) in [5.74, 6) is -0.430. The van der Waals surface area contributed by atoms with Gasteiger partial charge in [-0.3, -0.25) is 4.79 Å². The maximum atomic E-state index is 10.9. The van der Waals surface area contributed by atoms with Crippen molar-refractivity contribution in [3.8, 4) is 0 Å². The van der Waals surface area contributed by atoms with Gasteiger partial charge in [-0.15, -0.1) is 0 Å². The van der Waals surface area contributed by atoms with Crippen LogP contribution in [0.2, 0.25) is 0 Å². The molecule has 1 fully saturated rings. The van der Waals surface area contributed by atoms with Crippen LogP contribution in [0.4, 0.5) is 0 Å². The number of aliphatic hydroxyl groups is 1. The second-order valence-corrected chi connectivity index (χ2v) is 4.67. The summed E-state index contributed by atoms with van der Waals surface area (Å²) in [6, 6.07) is 0. The number of carbonyl (C=O) groups is 1. The zero-order valence-electron chi connectivity index (χ0n) is 13.0. The fourth-order valence-corrected chi connectivity index (χ4v) is 2.43. The predicted octanol–water partition coefficient (Wildman–Crippen LogP) is -0.673. The van der Waals surface area contributed by atoms with E-state index >= 15 is 0 Å². The second-order valence-electron chi connectivity index (χ2n) is 4.67. The number of rotatable bonds is 7. The Balaban J connectivity index is 2.89. The fraction of sp³-hybridized carbons (Fsp3) is 0.923. The lowest BCUT2D eigenvalue weighted by Gasteiger charge is -2.45. The number of methoxy groups -OCH3 is 4. The number of esters is 1. The minimum atomic E-state index is -1.20. The summed E-state index contributed by atoms with van der Waals surface area (Å²) < 4.78 is 31.7. The average molecular weight is 308 g/mol. The maximum absolute atomic E-state index is 10.9. The van der Waals surface area contributed by atoms with E-state index in [1.807, 2.05) is 0 Å².